The topological polar surface area (TPSA) is 191 Å². The fourth-order valence-corrected chi connectivity index (χ4v) is 10.1. The van der Waals surface area contributed by atoms with Crippen LogP contribution in [0.5, 0.6) is 5.75 Å². The van der Waals surface area contributed by atoms with Crippen LogP contribution >= 0.6 is 11.8 Å². The number of unbranched alkanes of at least 4 members (excludes halogenated alkanes) is 2. The van der Waals surface area contributed by atoms with Gasteiger partial charge in [-0.05, 0) is 61.3 Å². The molecule has 2 saturated heterocycles. The average Bonchev–Trinajstić information content (AvgIpc) is 3.79. The van der Waals surface area contributed by atoms with Gasteiger partial charge in [0, 0.05) is 17.2 Å². The maximum Gasteiger partial charge on any atom is 0.315 e. The van der Waals surface area contributed by atoms with Gasteiger partial charge in [-0.3, -0.25) is 19.4 Å². The number of thioether (sulfide) groups is 1. The number of ether oxygens (including phenoxy) is 1. The van der Waals surface area contributed by atoms with Crippen molar-refractivity contribution in [2.75, 3.05) is 12.4 Å². The summed E-state index contributed by atoms with van der Waals surface area (Å²) in [5.74, 6) is -1.35. The number of benzene rings is 1. The minimum atomic E-state index is -1.52. The lowest BCUT2D eigenvalue weighted by molar-refractivity contribution is -0.140. The SMILES string of the molecule is CC[C@@H](C)[C@H](NC(=O)[C@H](C(C)C)[C@@H](O)[C@H](O)[C@H](CC1CCCCC1)NC(=O)c1ccccc1OCCCCC[C@@H]1SC[C@H]2NC(=O)N[C@@H]12)C(=O)NCc1ccccn1. The molecule has 3 aliphatic rings. The molecule has 320 valence electrons. The Balaban J connectivity index is 1.21. The normalized spacial score (nSPS) is 22.4. The van der Waals surface area contributed by atoms with Crippen molar-refractivity contribution in [1.29, 1.82) is 0 Å². The molecule has 13 nitrogen and oxygen atoms in total. The van der Waals surface area contributed by atoms with E-state index in [1.54, 1.807) is 44.3 Å². The molecule has 2 aliphatic heterocycles. The van der Waals surface area contributed by atoms with Gasteiger partial charge in [-0.1, -0.05) is 97.3 Å². The number of pyridine rings is 1. The smallest absolute Gasteiger partial charge is 0.315 e. The Morgan fingerprint density at radius 1 is 0.931 bits per heavy atom. The summed E-state index contributed by atoms with van der Waals surface area (Å²) in [7, 11) is 0. The number of hydrogen-bond donors (Lipinski definition) is 7. The highest BCUT2D eigenvalue weighted by Gasteiger charge is 2.43. The van der Waals surface area contributed by atoms with Gasteiger partial charge in [0.05, 0.1) is 54.6 Å². The maximum absolute atomic E-state index is 14.0. The molecule has 9 atom stereocenters. The number of nitrogens with one attached hydrogen (secondary N) is 5. The molecule has 0 radical (unpaired) electrons. The Kier molecular flexibility index (Phi) is 17.5. The van der Waals surface area contributed by atoms with E-state index in [2.05, 4.69) is 31.6 Å². The van der Waals surface area contributed by atoms with Crippen LogP contribution in [0.4, 0.5) is 4.79 Å². The number of aliphatic hydroxyl groups is 2. The first-order valence-corrected chi connectivity index (χ1v) is 22.6. The van der Waals surface area contributed by atoms with Gasteiger partial charge in [0.15, 0.2) is 0 Å². The monoisotopic (exact) mass is 822 g/mol. The molecule has 2 aromatic rings. The molecule has 5 amide bonds. The van der Waals surface area contributed by atoms with Crippen LogP contribution < -0.4 is 31.3 Å². The summed E-state index contributed by atoms with van der Waals surface area (Å²) in [6.45, 7) is 8.08. The molecule has 0 bridgehead atoms. The van der Waals surface area contributed by atoms with Crippen LogP contribution in [0.25, 0.3) is 0 Å². The minimum absolute atomic E-state index is 0.0731. The number of nitrogens with zero attached hydrogens (tertiary/aromatic N) is 1. The number of urea groups is 1. The van der Waals surface area contributed by atoms with Gasteiger partial charge in [0.1, 0.15) is 17.9 Å². The summed E-state index contributed by atoms with van der Waals surface area (Å²) in [5.41, 5.74) is 1.02. The second kappa shape index (κ2) is 22.5. The molecule has 0 spiro atoms. The van der Waals surface area contributed by atoms with E-state index in [0.717, 1.165) is 63.5 Å². The molecule has 3 fully saturated rings. The first-order valence-electron chi connectivity index (χ1n) is 21.5. The van der Waals surface area contributed by atoms with Crippen molar-refractivity contribution in [3.63, 3.8) is 0 Å². The zero-order valence-corrected chi connectivity index (χ0v) is 35.5. The van der Waals surface area contributed by atoms with Crippen LogP contribution in [0.15, 0.2) is 48.7 Å². The van der Waals surface area contributed by atoms with Crippen LogP contribution in [0, 0.1) is 23.7 Å². The van der Waals surface area contributed by atoms with Crippen molar-refractivity contribution >= 4 is 35.5 Å². The fourth-order valence-electron chi connectivity index (χ4n) is 8.59. The molecular weight excluding hydrogens is 757 g/mol. The largest absolute Gasteiger partial charge is 0.493 e. The Morgan fingerprint density at radius 3 is 2.41 bits per heavy atom. The van der Waals surface area contributed by atoms with Crippen molar-refractivity contribution in [1.82, 2.24) is 31.6 Å². The van der Waals surface area contributed by atoms with Gasteiger partial charge >= 0.3 is 6.03 Å². The third-order valence-corrected chi connectivity index (χ3v) is 13.7. The molecule has 14 heteroatoms. The number of rotatable bonds is 22. The summed E-state index contributed by atoms with van der Waals surface area (Å²) >= 11 is 1.91. The number of para-hydroxylation sites is 1. The number of aromatic nitrogens is 1. The van der Waals surface area contributed by atoms with Crippen molar-refractivity contribution in [3.05, 3.63) is 59.9 Å². The highest BCUT2D eigenvalue weighted by Crippen LogP contribution is 2.34. The molecule has 5 rings (SSSR count). The van der Waals surface area contributed by atoms with E-state index in [0.29, 0.717) is 41.7 Å². The van der Waals surface area contributed by atoms with Crippen molar-refractivity contribution < 1.29 is 34.1 Å². The predicted molar refractivity (Wildman–Crippen MR) is 226 cm³/mol. The van der Waals surface area contributed by atoms with E-state index in [1.807, 2.05) is 43.8 Å². The summed E-state index contributed by atoms with van der Waals surface area (Å²) < 4.78 is 6.15. The zero-order valence-electron chi connectivity index (χ0n) is 34.7. The van der Waals surface area contributed by atoms with Crippen LogP contribution in [-0.2, 0) is 16.1 Å². The molecular formula is C44H66N6O7S. The molecule has 1 saturated carbocycles. The van der Waals surface area contributed by atoms with Crippen LogP contribution in [0.1, 0.15) is 114 Å². The van der Waals surface area contributed by atoms with Crippen LogP contribution in [-0.4, -0.2) is 92.9 Å². The minimum Gasteiger partial charge on any atom is -0.493 e. The summed E-state index contributed by atoms with van der Waals surface area (Å²) in [6, 6.07) is 11.1. The third kappa shape index (κ3) is 12.6. The van der Waals surface area contributed by atoms with Gasteiger partial charge in [-0.15, -0.1) is 0 Å². The molecule has 7 N–H and O–H groups in total. The standard InChI is InChI=1S/C44H66N6O7S/c1-5-28(4)37(43(55)46-25-30-18-13-14-22-45-30)49-42(54)36(27(2)3)40(52)39(51)32(24-29-16-8-6-9-17-29)47-41(53)31-19-11-12-20-34(31)57-23-15-7-10-21-35-38-33(26-58-35)48-44(56)50-38/h11-14,18-20,22,27-29,32-33,35-40,51-52H,5-10,15-17,21,23-26H2,1-4H3,(H,46,55)(H,47,53)(H,49,54)(H2,48,50,56)/t28-,32+,33-,35+,36-,37+,38-,39-,40-/m1/s1. The Morgan fingerprint density at radius 2 is 1.69 bits per heavy atom. The second-order valence-electron chi connectivity index (χ2n) is 16.8. The third-order valence-electron chi connectivity index (χ3n) is 12.2. The predicted octanol–water partition coefficient (Wildman–Crippen LogP) is 5.10. The number of carbonyl (C=O) groups excluding carboxylic acids is 4. The second-order valence-corrected chi connectivity index (χ2v) is 18.1. The van der Waals surface area contributed by atoms with E-state index in [-0.39, 0.29) is 42.4 Å². The lowest BCUT2D eigenvalue weighted by Crippen LogP contribution is -2.57. The van der Waals surface area contributed by atoms with E-state index in [1.165, 1.54) is 0 Å². The summed E-state index contributed by atoms with van der Waals surface area (Å²) in [6.07, 6.45) is 8.71. The lowest BCUT2D eigenvalue weighted by atomic mass is 9.79. The van der Waals surface area contributed by atoms with E-state index in [9.17, 15) is 29.4 Å². The summed E-state index contributed by atoms with van der Waals surface area (Å²) in [4.78, 5) is 57.5. The molecule has 1 aromatic heterocycles. The maximum atomic E-state index is 14.0. The molecule has 0 unspecified atom stereocenters. The van der Waals surface area contributed by atoms with Crippen molar-refractivity contribution in [3.8, 4) is 5.75 Å². The Labute approximate surface area is 348 Å². The molecule has 1 aliphatic carbocycles. The first kappa shape index (κ1) is 45.2. The van der Waals surface area contributed by atoms with E-state index >= 15 is 0 Å². The van der Waals surface area contributed by atoms with Crippen molar-refractivity contribution in [2.24, 2.45) is 23.7 Å². The van der Waals surface area contributed by atoms with E-state index in [4.69, 9.17) is 4.74 Å². The molecule has 1 aromatic carbocycles. The number of carbonyl (C=O) groups is 4. The molecule has 3 heterocycles. The van der Waals surface area contributed by atoms with Gasteiger partial charge in [-0.25, -0.2) is 4.79 Å². The quantitative estimate of drug-likeness (QED) is 0.0626. The van der Waals surface area contributed by atoms with Crippen LogP contribution in [0.3, 0.4) is 0 Å². The highest BCUT2D eigenvalue weighted by molar-refractivity contribution is 8.00. The fraction of sp³-hybridized carbons (Fsp3) is 0.659. The average molecular weight is 823 g/mol. The lowest BCUT2D eigenvalue weighted by Gasteiger charge is -2.36. The highest BCUT2D eigenvalue weighted by atomic mass is 32.2. The summed E-state index contributed by atoms with van der Waals surface area (Å²) in [5, 5.41) is 39.1. The Bertz CT molecular complexity index is 1630. The first-order chi connectivity index (χ1) is 28.0. The number of fused-ring (bicyclic) bond motifs is 1. The zero-order chi connectivity index (χ0) is 41.6. The van der Waals surface area contributed by atoms with Crippen LogP contribution in [0.2, 0.25) is 0 Å². The Hall–Kier alpha value is -3.88. The van der Waals surface area contributed by atoms with Gasteiger partial charge in [0.2, 0.25) is 11.8 Å². The molecule has 58 heavy (non-hydrogen) atoms. The number of amides is 5. The van der Waals surface area contributed by atoms with Gasteiger partial charge < -0.3 is 41.5 Å². The van der Waals surface area contributed by atoms with Crippen molar-refractivity contribution in [2.45, 2.75) is 146 Å². The van der Waals surface area contributed by atoms with E-state index < -0.39 is 47.9 Å². The van der Waals surface area contributed by atoms with Gasteiger partial charge in [-0.2, -0.15) is 11.8 Å². The number of aliphatic hydroxyl groups excluding tert-OH is 2. The number of hydrogen-bond acceptors (Lipinski definition) is 9. The van der Waals surface area contributed by atoms with Gasteiger partial charge in [0.25, 0.3) is 5.91 Å².